The topological polar surface area (TPSA) is 57.5 Å². The van der Waals surface area contributed by atoms with E-state index in [1.807, 2.05) is 12.2 Å². The molecule has 0 amide bonds. The van der Waals surface area contributed by atoms with Crippen LogP contribution in [0.1, 0.15) is 32.1 Å². The van der Waals surface area contributed by atoms with Crippen LogP contribution in [-0.4, -0.2) is 22.3 Å². The van der Waals surface area contributed by atoms with E-state index >= 15 is 0 Å². The summed E-state index contributed by atoms with van der Waals surface area (Å²) < 4.78 is 0. The fourth-order valence-corrected chi connectivity index (χ4v) is 0.995. The summed E-state index contributed by atoms with van der Waals surface area (Å²) in [5.41, 5.74) is 0. The average Bonchev–Trinajstić information content (AvgIpc) is 2.16. The Bertz CT molecular complexity index is 197. The van der Waals surface area contributed by atoms with Crippen LogP contribution in [0.4, 0.5) is 0 Å². The molecule has 2 N–H and O–H groups in total. The predicted molar refractivity (Wildman–Crippen MR) is 56.1 cm³/mol. The van der Waals surface area contributed by atoms with Crippen LogP contribution in [0.3, 0.4) is 0 Å². The third kappa shape index (κ3) is 7.55. The molecule has 0 aliphatic heterocycles. The van der Waals surface area contributed by atoms with E-state index in [9.17, 15) is 4.79 Å². The Hall–Kier alpha value is -1.09. The molecular formula is C11H18O3. The molecule has 0 radical (unpaired) electrons. The van der Waals surface area contributed by atoms with Crippen LogP contribution in [0.2, 0.25) is 0 Å². The van der Waals surface area contributed by atoms with Crippen LogP contribution in [0, 0.1) is 0 Å². The van der Waals surface area contributed by atoms with Crippen molar-refractivity contribution in [2.75, 3.05) is 0 Å². The van der Waals surface area contributed by atoms with Crippen LogP contribution < -0.4 is 0 Å². The lowest BCUT2D eigenvalue weighted by Crippen LogP contribution is -2.17. The second-order valence-corrected chi connectivity index (χ2v) is 3.13. The van der Waals surface area contributed by atoms with Gasteiger partial charge in [-0.3, -0.25) is 0 Å². The zero-order valence-electron chi connectivity index (χ0n) is 8.35. The summed E-state index contributed by atoms with van der Waals surface area (Å²) in [4.78, 5) is 10.2. The summed E-state index contributed by atoms with van der Waals surface area (Å²) in [7, 11) is 0. The lowest BCUT2D eigenvalue weighted by atomic mass is 10.1. The number of aliphatic carboxylic acids is 1. The highest BCUT2D eigenvalue weighted by Gasteiger charge is 2.09. The van der Waals surface area contributed by atoms with E-state index < -0.39 is 12.1 Å². The van der Waals surface area contributed by atoms with Gasteiger partial charge in [0.1, 0.15) is 0 Å². The van der Waals surface area contributed by atoms with Crippen molar-refractivity contribution >= 4 is 5.97 Å². The van der Waals surface area contributed by atoms with Crippen molar-refractivity contribution in [1.82, 2.24) is 0 Å². The largest absolute Gasteiger partial charge is 0.479 e. The van der Waals surface area contributed by atoms with Crippen molar-refractivity contribution in [3.63, 3.8) is 0 Å². The summed E-state index contributed by atoms with van der Waals surface area (Å²) in [6, 6.07) is 0. The van der Waals surface area contributed by atoms with Crippen LogP contribution in [0.5, 0.6) is 0 Å². The number of rotatable bonds is 8. The molecule has 80 valence electrons. The molecule has 0 aromatic rings. The molecule has 0 saturated heterocycles. The van der Waals surface area contributed by atoms with Crippen molar-refractivity contribution < 1.29 is 15.0 Å². The standard InChI is InChI=1S/C11H18O3/c1-2-3-4-5-6-7-8-9-10(12)11(13)14/h2,7-8,10,12H,1,3-6,9H2,(H,13,14)/b8-7+. The molecule has 0 aliphatic carbocycles. The highest BCUT2D eigenvalue weighted by Crippen LogP contribution is 2.02. The third-order valence-corrected chi connectivity index (χ3v) is 1.84. The molecule has 0 fully saturated rings. The molecule has 0 saturated carbocycles. The Balaban J connectivity index is 3.35. The van der Waals surface area contributed by atoms with Crippen molar-refractivity contribution in [1.29, 1.82) is 0 Å². The zero-order valence-corrected chi connectivity index (χ0v) is 8.35. The van der Waals surface area contributed by atoms with E-state index in [-0.39, 0.29) is 6.42 Å². The van der Waals surface area contributed by atoms with Gasteiger partial charge in [0.05, 0.1) is 0 Å². The Labute approximate surface area is 84.8 Å². The van der Waals surface area contributed by atoms with E-state index in [2.05, 4.69) is 6.58 Å². The Morgan fingerprint density at radius 2 is 1.93 bits per heavy atom. The number of allylic oxidation sites excluding steroid dienone is 2. The van der Waals surface area contributed by atoms with Crippen LogP contribution in [0.25, 0.3) is 0 Å². The molecule has 1 unspecified atom stereocenters. The molecule has 1 atom stereocenters. The number of hydrogen-bond acceptors (Lipinski definition) is 2. The lowest BCUT2D eigenvalue weighted by Gasteiger charge is -1.99. The fraction of sp³-hybridized carbons (Fsp3) is 0.545. The van der Waals surface area contributed by atoms with Crippen molar-refractivity contribution in [2.45, 2.75) is 38.2 Å². The quantitative estimate of drug-likeness (QED) is 0.464. The second-order valence-electron chi connectivity index (χ2n) is 3.13. The summed E-state index contributed by atoms with van der Waals surface area (Å²) in [6.45, 7) is 3.62. The summed E-state index contributed by atoms with van der Waals surface area (Å²) in [5.74, 6) is -1.17. The van der Waals surface area contributed by atoms with E-state index in [0.29, 0.717) is 0 Å². The first-order valence-electron chi connectivity index (χ1n) is 4.85. The molecular weight excluding hydrogens is 180 g/mol. The number of carbonyl (C=O) groups is 1. The van der Waals surface area contributed by atoms with Gasteiger partial charge in [-0.05, 0) is 25.7 Å². The highest BCUT2D eigenvalue weighted by molar-refractivity contribution is 5.72. The molecule has 3 nitrogen and oxygen atoms in total. The number of unbranched alkanes of at least 4 members (excludes halogenated alkanes) is 3. The molecule has 0 spiro atoms. The van der Waals surface area contributed by atoms with Gasteiger partial charge < -0.3 is 10.2 Å². The van der Waals surface area contributed by atoms with Crippen LogP contribution in [-0.2, 0) is 4.79 Å². The third-order valence-electron chi connectivity index (χ3n) is 1.84. The van der Waals surface area contributed by atoms with Crippen molar-refractivity contribution in [2.24, 2.45) is 0 Å². The van der Waals surface area contributed by atoms with Gasteiger partial charge in [-0.1, -0.05) is 18.2 Å². The predicted octanol–water partition coefficient (Wildman–Crippen LogP) is 2.12. The maximum atomic E-state index is 10.2. The molecule has 0 bridgehead atoms. The van der Waals surface area contributed by atoms with Gasteiger partial charge >= 0.3 is 5.97 Å². The molecule has 14 heavy (non-hydrogen) atoms. The number of hydrogen-bond donors (Lipinski definition) is 2. The summed E-state index contributed by atoms with van der Waals surface area (Å²) in [5, 5.41) is 17.3. The van der Waals surface area contributed by atoms with E-state index in [1.165, 1.54) is 0 Å². The molecule has 0 heterocycles. The van der Waals surface area contributed by atoms with Crippen molar-refractivity contribution in [3.05, 3.63) is 24.8 Å². The number of carboxylic acids is 1. The fourth-order valence-electron chi connectivity index (χ4n) is 0.995. The highest BCUT2D eigenvalue weighted by atomic mass is 16.4. The van der Waals surface area contributed by atoms with Gasteiger partial charge in [-0.25, -0.2) is 4.79 Å². The lowest BCUT2D eigenvalue weighted by molar-refractivity contribution is -0.146. The van der Waals surface area contributed by atoms with Gasteiger partial charge in [0.2, 0.25) is 0 Å². The minimum Gasteiger partial charge on any atom is -0.479 e. The second kappa shape index (κ2) is 8.51. The normalized spacial score (nSPS) is 12.9. The van der Waals surface area contributed by atoms with E-state index in [0.717, 1.165) is 25.7 Å². The minimum absolute atomic E-state index is 0.191. The maximum absolute atomic E-state index is 10.2. The minimum atomic E-state index is -1.26. The molecule has 3 heteroatoms. The average molecular weight is 198 g/mol. The van der Waals surface area contributed by atoms with E-state index in [4.69, 9.17) is 10.2 Å². The Morgan fingerprint density at radius 1 is 1.29 bits per heavy atom. The smallest absolute Gasteiger partial charge is 0.332 e. The van der Waals surface area contributed by atoms with E-state index in [1.54, 1.807) is 6.08 Å². The molecule has 0 aromatic heterocycles. The zero-order chi connectivity index (χ0) is 10.8. The Kier molecular flexibility index (Phi) is 7.84. The number of aliphatic hydroxyl groups excluding tert-OH is 1. The molecule has 0 rings (SSSR count). The van der Waals surface area contributed by atoms with Crippen LogP contribution >= 0.6 is 0 Å². The first-order chi connectivity index (χ1) is 6.68. The van der Waals surface area contributed by atoms with Gasteiger partial charge in [-0.15, -0.1) is 6.58 Å². The van der Waals surface area contributed by atoms with Gasteiger partial charge in [-0.2, -0.15) is 0 Å². The summed E-state index contributed by atoms with van der Waals surface area (Å²) >= 11 is 0. The van der Waals surface area contributed by atoms with Gasteiger partial charge in [0, 0.05) is 6.42 Å². The first kappa shape index (κ1) is 12.9. The molecule has 0 aliphatic rings. The number of aliphatic hydroxyl groups is 1. The molecule has 0 aromatic carbocycles. The maximum Gasteiger partial charge on any atom is 0.332 e. The SMILES string of the molecule is C=CCCCC/C=C/CC(O)C(=O)O. The summed E-state index contributed by atoms with van der Waals surface area (Å²) in [6.07, 6.45) is 8.57. The monoisotopic (exact) mass is 198 g/mol. The number of carboxylic acid groups (broad SMARTS) is 1. The first-order valence-corrected chi connectivity index (χ1v) is 4.85. The van der Waals surface area contributed by atoms with Gasteiger partial charge in [0.25, 0.3) is 0 Å². The Morgan fingerprint density at radius 3 is 2.50 bits per heavy atom. The van der Waals surface area contributed by atoms with Crippen molar-refractivity contribution in [3.8, 4) is 0 Å². The van der Waals surface area contributed by atoms with Gasteiger partial charge in [0.15, 0.2) is 6.10 Å². The van der Waals surface area contributed by atoms with Crippen LogP contribution in [0.15, 0.2) is 24.8 Å².